The number of unbranched alkanes of at least 4 members (excludes halogenated alkanes) is 12. The third-order valence-corrected chi connectivity index (χ3v) is 10.7. The van der Waals surface area contributed by atoms with Gasteiger partial charge in [0.05, 0.1) is 40.3 Å². The molecule has 8 heteroatoms. The van der Waals surface area contributed by atoms with Gasteiger partial charge in [0.25, 0.3) is 0 Å². The zero-order valence-electron chi connectivity index (χ0n) is 41.9. The summed E-state index contributed by atoms with van der Waals surface area (Å²) in [6.45, 7) is 4.38. The summed E-state index contributed by atoms with van der Waals surface area (Å²) in [5.41, 5.74) is 0. The molecular weight excluding hydrogens is 811 g/mol. The van der Waals surface area contributed by atoms with E-state index in [0.717, 1.165) is 89.9 Å². The predicted octanol–water partition coefficient (Wildman–Crippen LogP) is 13.5. The summed E-state index contributed by atoms with van der Waals surface area (Å²) in [5.74, 6) is -1.81. The third kappa shape index (κ3) is 45.0. The maximum Gasteiger partial charge on any atom is 0.306 e. The summed E-state index contributed by atoms with van der Waals surface area (Å²) < 4.78 is 17.2. The van der Waals surface area contributed by atoms with Gasteiger partial charge in [0.1, 0.15) is 12.6 Å². The molecule has 65 heavy (non-hydrogen) atoms. The number of ether oxygens (including phenoxy) is 3. The van der Waals surface area contributed by atoms with Crippen molar-refractivity contribution in [3.63, 3.8) is 0 Å². The molecule has 0 fully saturated rings. The van der Waals surface area contributed by atoms with Gasteiger partial charge in [-0.25, -0.2) is 0 Å². The molecule has 0 aromatic heterocycles. The first-order valence-corrected chi connectivity index (χ1v) is 25.4. The Labute approximate surface area is 398 Å². The molecule has 0 saturated heterocycles. The molecule has 368 valence electrons. The lowest BCUT2D eigenvalue weighted by Gasteiger charge is -2.34. The van der Waals surface area contributed by atoms with Crippen molar-refractivity contribution in [2.24, 2.45) is 0 Å². The van der Waals surface area contributed by atoms with Crippen LogP contribution in [0.1, 0.15) is 181 Å². The lowest BCUT2D eigenvalue weighted by atomic mass is 10.1. The van der Waals surface area contributed by atoms with Crippen molar-refractivity contribution in [3.8, 4) is 0 Å². The number of hydrogen-bond acceptors (Lipinski definition) is 7. The number of esters is 2. The van der Waals surface area contributed by atoms with Crippen molar-refractivity contribution in [1.82, 2.24) is 0 Å². The minimum absolute atomic E-state index is 0.0148. The van der Waals surface area contributed by atoms with Gasteiger partial charge < -0.3 is 28.6 Å². The van der Waals surface area contributed by atoms with Gasteiger partial charge >= 0.3 is 11.9 Å². The fourth-order valence-corrected chi connectivity index (χ4v) is 6.79. The highest BCUT2D eigenvalue weighted by Gasteiger charge is 2.25. The third-order valence-electron chi connectivity index (χ3n) is 10.7. The molecule has 2 atom stereocenters. The fourth-order valence-electron chi connectivity index (χ4n) is 6.79. The summed E-state index contributed by atoms with van der Waals surface area (Å²) in [5, 5.41) is 11.7. The molecule has 0 saturated carbocycles. The second-order valence-corrected chi connectivity index (χ2v) is 17.6. The molecule has 0 aromatic carbocycles. The molecule has 0 aromatic rings. The van der Waals surface area contributed by atoms with Gasteiger partial charge in [-0.05, 0) is 96.3 Å². The van der Waals surface area contributed by atoms with Crippen molar-refractivity contribution < 1.29 is 38.2 Å². The number of carbonyl (C=O) groups excluding carboxylic acids is 3. The van der Waals surface area contributed by atoms with Crippen LogP contribution in [-0.4, -0.2) is 75.5 Å². The molecule has 0 N–H and O–H groups in total. The first-order chi connectivity index (χ1) is 31.6. The quantitative estimate of drug-likeness (QED) is 0.0260. The Balaban J connectivity index is 4.36. The van der Waals surface area contributed by atoms with Gasteiger partial charge in [0, 0.05) is 19.3 Å². The molecule has 2 unspecified atom stereocenters. The minimum atomic E-state index is -1.14. The van der Waals surface area contributed by atoms with E-state index in [-0.39, 0.29) is 49.1 Å². The SMILES string of the molecule is CC/C=C/C/C=C/C/C=C/C/C=C/C/C=C/C/C=C/CCCCC(=O)OC(COCCC(C(=O)[O-])[N+](C)(C)C)COC(=O)CCCCCCCCCCCC/C=C/C/C=C/C/C=C/CC. The van der Waals surface area contributed by atoms with Crippen LogP contribution in [-0.2, 0) is 28.6 Å². The van der Waals surface area contributed by atoms with Crippen LogP contribution in [0.5, 0.6) is 0 Å². The van der Waals surface area contributed by atoms with Gasteiger partial charge in [0.15, 0.2) is 6.10 Å². The van der Waals surface area contributed by atoms with E-state index in [2.05, 4.69) is 123 Å². The molecule has 0 radical (unpaired) electrons. The van der Waals surface area contributed by atoms with Crippen LogP contribution in [0.2, 0.25) is 0 Å². The molecule has 0 aliphatic carbocycles. The Morgan fingerprint density at radius 2 is 0.815 bits per heavy atom. The van der Waals surface area contributed by atoms with Crippen molar-refractivity contribution in [1.29, 1.82) is 0 Å². The van der Waals surface area contributed by atoms with Crippen LogP contribution >= 0.6 is 0 Å². The van der Waals surface area contributed by atoms with E-state index in [4.69, 9.17) is 14.2 Å². The van der Waals surface area contributed by atoms with E-state index in [9.17, 15) is 19.5 Å². The van der Waals surface area contributed by atoms with Crippen LogP contribution in [0.3, 0.4) is 0 Å². The van der Waals surface area contributed by atoms with Gasteiger partial charge in [-0.15, -0.1) is 0 Å². The number of rotatable bonds is 44. The van der Waals surface area contributed by atoms with E-state index < -0.39 is 18.1 Å². The normalized spacial score (nSPS) is 13.8. The number of nitrogens with zero attached hydrogens (tertiary/aromatic N) is 1. The maximum absolute atomic E-state index is 12.8. The van der Waals surface area contributed by atoms with E-state index >= 15 is 0 Å². The van der Waals surface area contributed by atoms with Gasteiger partial charge in [0.2, 0.25) is 0 Å². The van der Waals surface area contributed by atoms with E-state index in [1.807, 2.05) is 0 Å². The van der Waals surface area contributed by atoms with Crippen molar-refractivity contribution in [2.45, 2.75) is 193 Å². The van der Waals surface area contributed by atoms with Gasteiger partial charge in [-0.1, -0.05) is 175 Å². The van der Waals surface area contributed by atoms with Crippen LogP contribution in [0.25, 0.3) is 0 Å². The number of quaternary nitrogens is 1. The molecule has 0 bridgehead atoms. The van der Waals surface area contributed by atoms with Crippen molar-refractivity contribution in [2.75, 3.05) is 41.0 Å². The number of carboxylic acid groups (broad SMARTS) is 1. The monoisotopic (exact) mass is 904 g/mol. The van der Waals surface area contributed by atoms with Gasteiger partial charge in [-0.3, -0.25) is 9.59 Å². The summed E-state index contributed by atoms with van der Waals surface area (Å²) in [4.78, 5) is 37.0. The second-order valence-electron chi connectivity index (χ2n) is 17.6. The van der Waals surface area contributed by atoms with Crippen LogP contribution in [0, 0.1) is 0 Å². The number of likely N-dealkylation sites (N-methyl/N-ethyl adjacent to an activating group) is 1. The molecule has 0 aliphatic rings. The standard InChI is InChI=1S/C57H93NO7/c1-6-8-10-12-14-16-18-20-22-24-26-28-30-32-34-36-38-40-42-44-46-48-56(60)65-53(51-63-50-49-54(57(61)62)58(3,4)5)52-64-55(59)47-45-43-41-39-37-35-33-31-29-27-25-23-21-19-17-15-13-11-9-7-2/h8-11,14-17,20-23,26,28,32,34,38,40,53-54H,6-7,12-13,18-19,24-25,27,29-31,33,35-37,39,41-52H2,1-5H3/b10-8+,11-9+,16-14+,17-15+,22-20+,23-21+,28-26+,34-32+,40-38+. The Hall–Kier alpha value is -4.01. The first-order valence-electron chi connectivity index (χ1n) is 25.4. The zero-order chi connectivity index (χ0) is 47.7. The molecule has 0 aliphatic heterocycles. The zero-order valence-corrected chi connectivity index (χ0v) is 41.9. The fraction of sp³-hybridized carbons (Fsp3) is 0.632. The van der Waals surface area contributed by atoms with Crippen molar-refractivity contribution >= 4 is 17.9 Å². The number of carbonyl (C=O) groups is 3. The highest BCUT2D eigenvalue weighted by atomic mass is 16.6. The summed E-state index contributed by atoms with van der Waals surface area (Å²) in [6.07, 6.45) is 64.1. The molecule has 8 nitrogen and oxygen atoms in total. The second kappa shape index (κ2) is 46.5. The highest BCUT2D eigenvalue weighted by molar-refractivity contribution is 5.70. The summed E-state index contributed by atoms with van der Waals surface area (Å²) in [6, 6.07) is -0.742. The lowest BCUT2D eigenvalue weighted by molar-refractivity contribution is -0.889. The molecule has 0 spiro atoms. The van der Waals surface area contributed by atoms with Gasteiger partial charge in [-0.2, -0.15) is 0 Å². The van der Waals surface area contributed by atoms with Crippen LogP contribution < -0.4 is 5.11 Å². The van der Waals surface area contributed by atoms with Crippen molar-refractivity contribution in [3.05, 3.63) is 109 Å². The molecular formula is C57H93NO7. The molecule has 0 amide bonds. The topological polar surface area (TPSA) is 102 Å². The van der Waals surface area contributed by atoms with Crippen LogP contribution in [0.4, 0.5) is 0 Å². The Bertz CT molecular complexity index is 1420. The average Bonchev–Trinajstić information content (AvgIpc) is 3.27. The van der Waals surface area contributed by atoms with E-state index in [0.29, 0.717) is 12.8 Å². The lowest BCUT2D eigenvalue weighted by Crippen LogP contribution is -2.55. The van der Waals surface area contributed by atoms with Crippen LogP contribution in [0.15, 0.2) is 109 Å². The average molecular weight is 904 g/mol. The Morgan fingerprint density at radius 3 is 1.23 bits per heavy atom. The number of allylic oxidation sites excluding steroid dienone is 18. The largest absolute Gasteiger partial charge is 0.544 e. The Morgan fingerprint density at radius 1 is 0.462 bits per heavy atom. The number of carboxylic acids is 1. The first kappa shape index (κ1) is 61.0. The molecule has 0 heterocycles. The van der Waals surface area contributed by atoms with E-state index in [1.165, 1.54) is 51.4 Å². The highest BCUT2D eigenvalue weighted by Crippen LogP contribution is 2.14. The Kier molecular flexibility index (Phi) is 43.6. The number of aliphatic carboxylic acids is 1. The number of hydrogen-bond donors (Lipinski definition) is 0. The predicted molar refractivity (Wildman–Crippen MR) is 272 cm³/mol. The smallest absolute Gasteiger partial charge is 0.306 e. The molecule has 0 rings (SSSR count). The minimum Gasteiger partial charge on any atom is -0.544 e. The van der Waals surface area contributed by atoms with E-state index in [1.54, 1.807) is 21.1 Å². The maximum atomic E-state index is 12.8. The summed E-state index contributed by atoms with van der Waals surface area (Å²) >= 11 is 0. The summed E-state index contributed by atoms with van der Waals surface area (Å²) in [7, 11) is 5.39.